The van der Waals surface area contributed by atoms with Crippen molar-refractivity contribution in [3.8, 4) is 0 Å². The minimum atomic E-state index is -0.205. The second-order valence-corrected chi connectivity index (χ2v) is 6.95. The lowest BCUT2D eigenvalue weighted by Gasteiger charge is -2.32. The standard InChI is InChI=1S/C17H28N4O2S/c1-4-23-17(22)21-9-7-14(8-10-21)20-16(18-3)19-12-13(2)15-6-5-11-24-15/h5-6,11,13-14H,4,7-10,12H2,1-3H3,(H2,18,19,20). The van der Waals surface area contributed by atoms with E-state index in [0.29, 0.717) is 18.6 Å². The first-order chi connectivity index (χ1) is 11.6. The molecule has 0 aromatic carbocycles. The van der Waals surface area contributed by atoms with Gasteiger partial charge in [-0.05, 0) is 31.2 Å². The number of rotatable bonds is 5. The summed E-state index contributed by atoms with van der Waals surface area (Å²) in [6.45, 7) is 6.76. The van der Waals surface area contributed by atoms with Gasteiger partial charge in [0.15, 0.2) is 5.96 Å². The molecule has 134 valence electrons. The van der Waals surface area contributed by atoms with Gasteiger partial charge < -0.3 is 20.3 Å². The van der Waals surface area contributed by atoms with Gasteiger partial charge in [-0.1, -0.05) is 13.0 Å². The van der Waals surface area contributed by atoms with Gasteiger partial charge in [0.2, 0.25) is 0 Å². The summed E-state index contributed by atoms with van der Waals surface area (Å²) in [4.78, 5) is 19.2. The maximum atomic E-state index is 11.7. The molecule has 2 heterocycles. The summed E-state index contributed by atoms with van der Waals surface area (Å²) in [5.74, 6) is 1.28. The number of nitrogens with zero attached hydrogens (tertiary/aromatic N) is 2. The molecule has 0 bridgehead atoms. The number of aliphatic imine (C=N–C) groups is 1. The Morgan fingerprint density at radius 3 is 2.83 bits per heavy atom. The molecule has 6 nitrogen and oxygen atoms in total. The first-order valence-electron chi connectivity index (χ1n) is 8.56. The number of piperidine rings is 1. The Morgan fingerprint density at radius 2 is 2.25 bits per heavy atom. The molecule has 1 amide bonds. The van der Waals surface area contributed by atoms with Gasteiger partial charge in [0.1, 0.15) is 0 Å². The molecule has 1 aromatic rings. The molecule has 0 aliphatic carbocycles. The topological polar surface area (TPSA) is 66.0 Å². The molecule has 7 heteroatoms. The maximum Gasteiger partial charge on any atom is 0.409 e. The van der Waals surface area contributed by atoms with Gasteiger partial charge in [-0.2, -0.15) is 0 Å². The van der Waals surface area contributed by atoms with Crippen molar-refractivity contribution < 1.29 is 9.53 Å². The molecule has 0 radical (unpaired) electrons. The highest BCUT2D eigenvalue weighted by atomic mass is 32.1. The molecule has 0 spiro atoms. The third kappa shape index (κ3) is 5.40. The fraction of sp³-hybridized carbons (Fsp3) is 0.647. The van der Waals surface area contributed by atoms with E-state index in [9.17, 15) is 4.79 Å². The van der Waals surface area contributed by atoms with Crippen LogP contribution >= 0.6 is 11.3 Å². The Balaban J connectivity index is 1.73. The van der Waals surface area contributed by atoms with Crippen LogP contribution in [-0.4, -0.2) is 56.3 Å². The van der Waals surface area contributed by atoms with Gasteiger partial charge >= 0.3 is 6.09 Å². The predicted octanol–water partition coefficient (Wildman–Crippen LogP) is 2.64. The molecule has 24 heavy (non-hydrogen) atoms. The van der Waals surface area contributed by atoms with Crippen molar-refractivity contribution in [3.05, 3.63) is 22.4 Å². The van der Waals surface area contributed by atoms with E-state index in [1.807, 2.05) is 6.92 Å². The van der Waals surface area contributed by atoms with Crippen LogP contribution in [0.2, 0.25) is 0 Å². The highest BCUT2D eigenvalue weighted by molar-refractivity contribution is 7.10. The van der Waals surface area contributed by atoms with Crippen molar-refractivity contribution in [2.75, 3.05) is 33.3 Å². The molecule has 2 rings (SSSR count). The van der Waals surface area contributed by atoms with Crippen molar-refractivity contribution in [1.82, 2.24) is 15.5 Å². The molecule has 1 fully saturated rings. The van der Waals surface area contributed by atoms with Gasteiger partial charge in [0.25, 0.3) is 0 Å². The molecule has 2 N–H and O–H groups in total. The summed E-state index contributed by atoms with van der Waals surface area (Å²) in [6, 6.07) is 4.58. The fourth-order valence-corrected chi connectivity index (χ4v) is 3.52. The average Bonchev–Trinajstić information content (AvgIpc) is 3.13. The van der Waals surface area contributed by atoms with Crippen LogP contribution in [0.4, 0.5) is 4.79 Å². The van der Waals surface area contributed by atoms with Crippen LogP contribution < -0.4 is 10.6 Å². The van der Waals surface area contributed by atoms with Crippen LogP contribution in [-0.2, 0) is 4.74 Å². The average molecular weight is 353 g/mol. The lowest BCUT2D eigenvalue weighted by molar-refractivity contribution is 0.0963. The van der Waals surface area contributed by atoms with Crippen LogP contribution in [0.1, 0.15) is 37.5 Å². The third-order valence-corrected chi connectivity index (χ3v) is 5.29. The van der Waals surface area contributed by atoms with Gasteiger partial charge in [0, 0.05) is 43.5 Å². The number of guanidine groups is 1. The molecule has 1 aliphatic heterocycles. The minimum Gasteiger partial charge on any atom is -0.450 e. The number of carbonyl (C=O) groups excluding carboxylic acids is 1. The highest BCUT2D eigenvalue weighted by Gasteiger charge is 2.24. The Hall–Kier alpha value is -1.76. The molecule has 1 aromatic heterocycles. The van der Waals surface area contributed by atoms with E-state index in [1.54, 1.807) is 23.3 Å². The summed E-state index contributed by atoms with van der Waals surface area (Å²) >= 11 is 1.78. The number of thiophene rings is 1. The Morgan fingerprint density at radius 1 is 1.50 bits per heavy atom. The molecular weight excluding hydrogens is 324 g/mol. The van der Waals surface area contributed by atoms with Crippen molar-refractivity contribution in [1.29, 1.82) is 0 Å². The number of ether oxygens (including phenoxy) is 1. The molecule has 1 aliphatic rings. The van der Waals surface area contributed by atoms with Crippen LogP contribution in [0.3, 0.4) is 0 Å². The van der Waals surface area contributed by atoms with Gasteiger partial charge in [-0.3, -0.25) is 4.99 Å². The molecule has 1 saturated heterocycles. The summed E-state index contributed by atoms with van der Waals surface area (Å²) in [7, 11) is 1.79. The Kier molecular flexibility index (Phi) is 7.36. The van der Waals surface area contributed by atoms with E-state index in [2.05, 4.69) is 40.1 Å². The Bertz CT molecular complexity index is 525. The number of hydrogen-bond donors (Lipinski definition) is 2. The van der Waals surface area contributed by atoms with Crippen molar-refractivity contribution >= 4 is 23.4 Å². The second kappa shape index (κ2) is 9.52. The van der Waals surface area contributed by atoms with Crippen LogP contribution in [0.5, 0.6) is 0 Å². The van der Waals surface area contributed by atoms with Gasteiger partial charge in [-0.15, -0.1) is 11.3 Å². The molecule has 1 unspecified atom stereocenters. The molecule has 0 saturated carbocycles. The number of hydrogen-bond acceptors (Lipinski definition) is 4. The van der Waals surface area contributed by atoms with Crippen molar-refractivity contribution in [3.63, 3.8) is 0 Å². The zero-order chi connectivity index (χ0) is 17.4. The van der Waals surface area contributed by atoms with Crippen LogP contribution in [0.25, 0.3) is 0 Å². The number of amides is 1. The third-order valence-electron chi connectivity index (χ3n) is 4.19. The lowest BCUT2D eigenvalue weighted by atomic mass is 10.1. The minimum absolute atomic E-state index is 0.205. The zero-order valence-corrected chi connectivity index (χ0v) is 15.6. The van der Waals surface area contributed by atoms with Crippen LogP contribution in [0, 0.1) is 0 Å². The normalized spacial score (nSPS) is 17.5. The summed E-state index contributed by atoms with van der Waals surface area (Å²) in [5, 5.41) is 8.97. The summed E-state index contributed by atoms with van der Waals surface area (Å²) in [5.41, 5.74) is 0. The fourth-order valence-electron chi connectivity index (χ4n) is 2.73. The molecule has 1 atom stereocenters. The van der Waals surface area contributed by atoms with E-state index in [4.69, 9.17) is 4.74 Å². The first-order valence-corrected chi connectivity index (χ1v) is 9.44. The smallest absolute Gasteiger partial charge is 0.409 e. The predicted molar refractivity (Wildman–Crippen MR) is 98.8 cm³/mol. The zero-order valence-electron chi connectivity index (χ0n) is 14.7. The van der Waals surface area contributed by atoms with E-state index < -0.39 is 0 Å². The SMILES string of the molecule is CCOC(=O)N1CCC(NC(=NC)NCC(C)c2cccs2)CC1. The quantitative estimate of drug-likeness (QED) is 0.631. The van der Waals surface area contributed by atoms with Gasteiger partial charge in [0.05, 0.1) is 6.61 Å². The Labute approximate surface area is 148 Å². The van der Waals surface area contributed by atoms with Gasteiger partial charge in [-0.25, -0.2) is 4.79 Å². The number of carbonyl (C=O) groups is 1. The maximum absolute atomic E-state index is 11.7. The summed E-state index contributed by atoms with van der Waals surface area (Å²) < 4.78 is 5.05. The van der Waals surface area contributed by atoms with E-state index in [-0.39, 0.29) is 6.09 Å². The molecular formula is C17H28N4O2S. The lowest BCUT2D eigenvalue weighted by Crippen LogP contribution is -2.50. The van der Waals surface area contributed by atoms with Crippen molar-refractivity contribution in [2.45, 2.75) is 38.6 Å². The van der Waals surface area contributed by atoms with Crippen molar-refractivity contribution in [2.24, 2.45) is 4.99 Å². The van der Waals surface area contributed by atoms with E-state index in [1.165, 1.54) is 4.88 Å². The largest absolute Gasteiger partial charge is 0.450 e. The second-order valence-electron chi connectivity index (χ2n) is 5.97. The number of likely N-dealkylation sites (tertiary alicyclic amines) is 1. The highest BCUT2D eigenvalue weighted by Crippen LogP contribution is 2.19. The number of nitrogens with one attached hydrogen (secondary N) is 2. The van der Waals surface area contributed by atoms with E-state index >= 15 is 0 Å². The first kappa shape index (κ1) is 18.6. The van der Waals surface area contributed by atoms with Crippen LogP contribution in [0.15, 0.2) is 22.5 Å². The van der Waals surface area contributed by atoms with E-state index in [0.717, 1.165) is 38.4 Å². The summed E-state index contributed by atoms with van der Waals surface area (Å²) in [6.07, 6.45) is 1.60. The monoisotopic (exact) mass is 352 g/mol.